The maximum absolute atomic E-state index is 12.6. The Labute approximate surface area is 196 Å². The van der Waals surface area contributed by atoms with Crippen LogP contribution >= 0.6 is 0 Å². The number of aliphatic carboxylic acids is 1. The molecule has 1 amide bonds. The van der Waals surface area contributed by atoms with E-state index in [1.165, 1.54) is 26.4 Å². The van der Waals surface area contributed by atoms with Crippen LogP contribution in [0, 0.1) is 0 Å². The molecule has 0 aliphatic heterocycles. The third-order valence-corrected chi connectivity index (χ3v) is 5.94. The average Bonchev–Trinajstić information content (AvgIpc) is 3.17. The van der Waals surface area contributed by atoms with Crippen molar-refractivity contribution in [1.29, 1.82) is 0 Å². The Hall–Kier alpha value is -4.20. The number of phenolic OH excluding ortho intramolecular Hbond substituents is 1. The Balaban J connectivity index is 1.47. The van der Waals surface area contributed by atoms with Gasteiger partial charge in [0.25, 0.3) is 0 Å². The predicted molar refractivity (Wildman–Crippen MR) is 125 cm³/mol. The van der Waals surface area contributed by atoms with Gasteiger partial charge in [0, 0.05) is 24.0 Å². The fraction of sp³-hybridized carbons (Fsp3) is 0.231. The second-order valence-electron chi connectivity index (χ2n) is 7.90. The first kappa shape index (κ1) is 23.0. The van der Waals surface area contributed by atoms with Crippen molar-refractivity contribution < 1.29 is 34.0 Å². The summed E-state index contributed by atoms with van der Waals surface area (Å²) in [5.41, 5.74) is 4.55. The highest BCUT2D eigenvalue weighted by Gasteiger charge is 2.30. The molecule has 0 saturated heterocycles. The van der Waals surface area contributed by atoms with Crippen LogP contribution in [0.15, 0.2) is 60.7 Å². The highest BCUT2D eigenvalue weighted by atomic mass is 16.5. The SMILES string of the molecule is COc1cc(CC(NC(=O)OCC2c3ccccc3-c3ccccc32)C(=O)O)c(O)c(OC)c1. The van der Waals surface area contributed by atoms with Crippen molar-refractivity contribution in [2.24, 2.45) is 0 Å². The van der Waals surface area contributed by atoms with Crippen LogP contribution in [-0.4, -0.2) is 49.1 Å². The standard InChI is InChI=1S/C26H25NO7/c1-32-16-11-15(24(28)23(13-16)33-2)12-22(25(29)30)27-26(31)34-14-21-19-9-5-3-7-17(19)18-8-4-6-10-20(18)21/h3-11,13,21-22,28H,12,14H2,1-2H3,(H,27,31)(H,29,30). The number of rotatable bonds is 8. The summed E-state index contributed by atoms with van der Waals surface area (Å²) in [5, 5.41) is 22.4. The molecule has 4 rings (SSSR count). The minimum absolute atomic E-state index is 0.0600. The summed E-state index contributed by atoms with van der Waals surface area (Å²) in [4.78, 5) is 24.4. The number of aromatic hydroxyl groups is 1. The molecule has 0 spiro atoms. The van der Waals surface area contributed by atoms with Gasteiger partial charge in [0.2, 0.25) is 0 Å². The van der Waals surface area contributed by atoms with Crippen molar-refractivity contribution >= 4 is 12.1 Å². The Kier molecular flexibility index (Phi) is 6.58. The number of methoxy groups -OCH3 is 2. The van der Waals surface area contributed by atoms with E-state index in [0.29, 0.717) is 5.75 Å². The van der Waals surface area contributed by atoms with Gasteiger partial charge in [-0.3, -0.25) is 0 Å². The normalized spacial score (nSPS) is 12.9. The molecule has 0 radical (unpaired) electrons. The number of carbonyl (C=O) groups is 2. The van der Waals surface area contributed by atoms with Gasteiger partial charge in [0.1, 0.15) is 18.4 Å². The summed E-state index contributed by atoms with van der Waals surface area (Å²) < 4.78 is 15.7. The first-order valence-corrected chi connectivity index (χ1v) is 10.7. The van der Waals surface area contributed by atoms with E-state index >= 15 is 0 Å². The number of carboxylic acid groups (broad SMARTS) is 1. The largest absolute Gasteiger partial charge is 0.504 e. The van der Waals surface area contributed by atoms with Crippen molar-refractivity contribution in [2.75, 3.05) is 20.8 Å². The number of phenols is 1. The predicted octanol–water partition coefficient (Wildman–Crippen LogP) is 3.94. The van der Waals surface area contributed by atoms with Gasteiger partial charge < -0.3 is 29.7 Å². The van der Waals surface area contributed by atoms with Crippen molar-refractivity contribution in [3.8, 4) is 28.4 Å². The number of fused-ring (bicyclic) bond motifs is 3. The van der Waals surface area contributed by atoms with Crippen LogP contribution in [0.1, 0.15) is 22.6 Å². The van der Waals surface area contributed by atoms with Gasteiger partial charge in [-0.2, -0.15) is 0 Å². The van der Waals surface area contributed by atoms with Gasteiger partial charge in [0.05, 0.1) is 14.2 Å². The van der Waals surface area contributed by atoms with Crippen molar-refractivity contribution in [3.05, 3.63) is 77.4 Å². The molecule has 34 heavy (non-hydrogen) atoms. The van der Waals surface area contributed by atoms with E-state index in [1.807, 2.05) is 48.5 Å². The van der Waals surface area contributed by atoms with Crippen LogP contribution in [0.25, 0.3) is 11.1 Å². The Morgan fingerprint density at radius 1 is 0.971 bits per heavy atom. The summed E-state index contributed by atoms with van der Waals surface area (Å²) in [7, 11) is 2.82. The van der Waals surface area contributed by atoms with Crippen LogP contribution in [0.4, 0.5) is 4.79 Å². The molecule has 0 saturated carbocycles. The molecule has 0 heterocycles. The highest BCUT2D eigenvalue weighted by molar-refractivity contribution is 5.81. The molecule has 0 fully saturated rings. The van der Waals surface area contributed by atoms with Crippen molar-refractivity contribution in [2.45, 2.75) is 18.4 Å². The van der Waals surface area contributed by atoms with Gasteiger partial charge in [0.15, 0.2) is 11.5 Å². The second kappa shape index (κ2) is 9.74. The molecule has 3 aromatic rings. The second-order valence-corrected chi connectivity index (χ2v) is 7.90. The lowest BCUT2D eigenvalue weighted by molar-refractivity contribution is -0.139. The van der Waals surface area contributed by atoms with Gasteiger partial charge in [-0.1, -0.05) is 48.5 Å². The molecule has 8 nitrogen and oxygen atoms in total. The number of amides is 1. The van der Waals surface area contributed by atoms with Crippen LogP contribution in [0.2, 0.25) is 0 Å². The number of benzene rings is 3. The van der Waals surface area contributed by atoms with Crippen molar-refractivity contribution in [1.82, 2.24) is 5.32 Å². The lowest BCUT2D eigenvalue weighted by Gasteiger charge is -2.18. The molecular formula is C26H25NO7. The zero-order chi connectivity index (χ0) is 24.2. The van der Waals surface area contributed by atoms with E-state index < -0.39 is 18.1 Å². The summed E-state index contributed by atoms with van der Waals surface area (Å²) in [6, 6.07) is 17.5. The summed E-state index contributed by atoms with van der Waals surface area (Å²) in [6.45, 7) is 0.0600. The van der Waals surface area contributed by atoms with Crippen LogP contribution < -0.4 is 14.8 Å². The van der Waals surface area contributed by atoms with Gasteiger partial charge in [-0.15, -0.1) is 0 Å². The molecule has 1 aliphatic rings. The first-order chi connectivity index (χ1) is 16.4. The quantitative estimate of drug-likeness (QED) is 0.464. The summed E-state index contributed by atoms with van der Waals surface area (Å²) in [5.74, 6) is -1.11. The Morgan fingerprint density at radius 3 is 2.15 bits per heavy atom. The smallest absolute Gasteiger partial charge is 0.407 e. The summed E-state index contributed by atoms with van der Waals surface area (Å²) >= 11 is 0. The van der Waals surface area contributed by atoms with E-state index in [-0.39, 0.29) is 36.0 Å². The number of nitrogens with one attached hydrogen (secondary N) is 1. The zero-order valence-electron chi connectivity index (χ0n) is 18.8. The minimum atomic E-state index is -1.33. The molecule has 176 valence electrons. The zero-order valence-corrected chi connectivity index (χ0v) is 18.8. The van der Waals surface area contributed by atoms with Gasteiger partial charge in [-0.25, -0.2) is 9.59 Å². The molecule has 1 atom stereocenters. The first-order valence-electron chi connectivity index (χ1n) is 10.7. The van der Waals surface area contributed by atoms with Gasteiger partial charge in [-0.05, 0) is 28.3 Å². The average molecular weight is 463 g/mol. The molecule has 1 unspecified atom stereocenters. The molecule has 8 heteroatoms. The topological polar surface area (TPSA) is 114 Å². The number of carboxylic acids is 1. The molecule has 3 N–H and O–H groups in total. The molecule has 0 bridgehead atoms. The van der Waals surface area contributed by atoms with Gasteiger partial charge >= 0.3 is 12.1 Å². The number of carbonyl (C=O) groups excluding carboxylic acids is 1. The lowest BCUT2D eigenvalue weighted by atomic mass is 9.98. The van der Waals surface area contributed by atoms with Crippen molar-refractivity contribution in [3.63, 3.8) is 0 Å². The third kappa shape index (κ3) is 4.47. The Bertz CT molecular complexity index is 1180. The highest BCUT2D eigenvalue weighted by Crippen LogP contribution is 2.44. The fourth-order valence-corrected chi connectivity index (χ4v) is 4.27. The number of hydrogen-bond acceptors (Lipinski definition) is 6. The molecular weight excluding hydrogens is 438 g/mol. The van der Waals surface area contributed by atoms with E-state index in [4.69, 9.17) is 14.2 Å². The van der Waals surface area contributed by atoms with Crippen LogP contribution in [-0.2, 0) is 16.0 Å². The van der Waals surface area contributed by atoms with E-state index in [0.717, 1.165) is 22.3 Å². The Morgan fingerprint density at radius 2 is 1.59 bits per heavy atom. The number of ether oxygens (including phenoxy) is 3. The number of hydrogen-bond donors (Lipinski definition) is 3. The number of alkyl carbamates (subject to hydrolysis) is 1. The van der Waals surface area contributed by atoms with Crippen LogP contribution in [0.3, 0.4) is 0 Å². The monoisotopic (exact) mass is 463 g/mol. The molecule has 0 aromatic heterocycles. The lowest BCUT2D eigenvalue weighted by Crippen LogP contribution is -2.43. The summed E-state index contributed by atoms with van der Waals surface area (Å²) in [6.07, 6.45) is -1.05. The minimum Gasteiger partial charge on any atom is -0.504 e. The van der Waals surface area contributed by atoms with E-state index in [1.54, 1.807) is 0 Å². The molecule has 3 aromatic carbocycles. The third-order valence-electron chi connectivity index (χ3n) is 5.94. The molecule has 1 aliphatic carbocycles. The fourth-order valence-electron chi connectivity index (χ4n) is 4.27. The van der Waals surface area contributed by atoms with Crippen LogP contribution in [0.5, 0.6) is 17.2 Å². The van der Waals surface area contributed by atoms with E-state index in [2.05, 4.69) is 5.32 Å². The maximum Gasteiger partial charge on any atom is 0.407 e. The van der Waals surface area contributed by atoms with E-state index in [9.17, 15) is 19.8 Å². The maximum atomic E-state index is 12.6.